The van der Waals surface area contributed by atoms with Crippen molar-refractivity contribution in [2.45, 2.75) is 38.4 Å². The van der Waals surface area contributed by atoms with E-state index in [1.165, 1.54) is 12.1 Å². The number of hydrogen-bond donors (Lipinski definition) is 0. The molecule has 0 bridgehead atoms. The third-order valence-electron chi connectivity index (χ3n) is 4.43. The maximum absolute atomic E-state index is 12.7. The van der Waals surface area contributed by atoms with Gasteiger partial charge < -0.3 is 4.90 Å². The van der Waals surface area contributed by atoms with Crippen molar-refractivity contribution in [3.63, 3.8) is 0 Å². The molecule has 0 saturated heterocycles. The highest BCUT2D eigenvalue weighted by molar-refractivity contribution is 5.96. The van der Waals surface area contributed by atoms with Gasteiger partial charge in [-0.3, -0.25) is 4.79 Å². The molecule has 24 heavy (non-hydrogen) atoms. The zero-order valence-electron chi connectivity index (χ0n) is 13.3. The van der Waals surface area contributed by atoms with Crippen molar-refractivity contribution >= 4 is 11.6 Å². The van der Waals surface area contributed by atoms with E-state index in [2.05, 4.69) is 0 Å². The molecule has 2 nitrogen and oxygen atoms in total. The third kappa shape index (κ3) is 3.30. The molecular weight excluding hydrogens is 315 g/mol. The molecule has 1 unspecified atom stereocenters. The van der Waals surface area contributed by atoms with Crippen molar-refractivity contribution in [3.8, 4) is 0 Å². The Morgan fingerprint density at radius 2 is 1.79 bits per heavy atom. The molecule has 0 N–H and O–H groups in total. The van der Waals surface area contributed by atoms with Crippen LogP contribution in [0.3, 0.4) is 0 Å². The van der Waals surface area contributed by atoms with Gasteiger partial charge in [0.1, 0.15) is 0 Å². The summed E-state index contributed by atoms with van der Waals surface area (Å²) < 4.78 is 37.8. The molecule has 0 spiro atoms. The van der Waals surface area contributed by atoms with Crippen molar-refractivity contribution in [2.24, 2.45) is 0 Å². The van der Waals surface area contributed by atoms with Crippen LogP contribution < -0.4 is 4.90 Å². The molecule has 1 heterocycles. The highest BCUT2D eigenvalue weighted by atomic mass is 19.4. The van der Waals surface area contributed by atoms with E-state index in [0.29, 0.717) is 5.56 Å². The standard InChI is InChI=1S/C19H18F3NO/c1-13-6-9-15-4-2-3-5-17(15)23(13)18(24)12-14-7-10-16(11-8-14)19(20,21)22/h2-5,7-8,10-11,13H,6,9,12H2,1H3. The average Bonchev–Trinajstić information content (AvgIpc) is 2.54. The fourth-order valence-corrected chi connectivity index (χ4v) is 3.14. The Kier molecular flexibility index (Phi) is 4.35. The van der Waals surface area contributed by atoms with E-state index in [-0.39, 0.29) is 18.4 Å². The van der Waals surface area contributed by atoms with Gasteiger partial charge in [0, 0.05) is 11.7 Å². The van der Waals surface area contributed by atoms with Gasteiger partial charge in [-0.25, -0.2) is 0 Å². The molecule has 1 atom stereocenters. The summed E-state index contributed by atoms with van der Waals surface area (Å²) in [5.41, 5.74) is 1.93. The molecule has 1 aliphatic heterocycles. The van der Waals surface area contributed by atoms with E-state index in [1.807, 2.05) is 31.2 Å². The largest absolute Gasteiger partial charge is 0.416 e. The second-order valence-corrected chi connectivity index (χ2v) is 6.15. The third-order valence-corrected chi connectivity index (χ3v) is 4.43. The SMILES string of the molecule is CC1CCc2ccccc2N1C(=O)Cc1ccc(C(F)(F)F)cc1. The molecule has 0 aromatic heterocycles. The summed E-state index contributed by atoms with van der Waals surface area (Å²) in [5, 5.41) is 0. The van der Waals surface area contributed by atoms with Crippen molar-refractivity contribution in [1.82, 2.24) is 0 Å². The Hall–Kier alpha value is -2.30. The topological polar surface area (TPSA) is 20.3 Å². The zero-order chi connectivity index (χ0) is 17.3. The van der Waals surface area contributed by atoms with Crippen LogP contribution in [0.5, 0.6) is 0 Å². The Balaban J connectivity index is 1.80. The minimum absolute atomic E-state index is 0.0850. The number of halogens is 3. The van der Waals surface area contributed by atoms with Gasteiger partial charge in [-0.2, -0.15) is 13.2 Å². The van der Waals surface area contributed by atoms with E-state index in [1.54, 1.807) is 4.90 Å². The van der Waals surface area contributed by atoms with Crippen molar-refractivity contribution in [2.75, 3.05) is 4.90 Å². The molecule has 126 valence electrons. The van der Waals surface area contributed by atoms with Gasteiger partial charge in [-0.05, 0) is 49.1 Å². The number of aryl methyl sites for hydroxylation is 1. The maximum atomic E-state index is 12.7. The van der Waals surface area contributed by atoms with E-state index in [4.69, 9.17) is 0 Å². The molecule has 0 saturated carbocycles. The lowest BCUT2D eigenvalue weighted by atomic mass is 9.95. The molecule has 1 aliphatic rings. The number of rotatable bonds is 2. The Bertz CT molecular complexity index is 737. The predicted octanol–water partition coefficient (Wildman–Crippen LogP) is 4.62. The smallest absolute Gasteiger partial charge is 0.309 e. The van der Waals surface area contributed by atoms with E-state index >= 15 is 0 Å². The van der Waals surface area contributed by atoms with Crippen LogP contribution >= 0.6 is 0 Å². The minimum Gasteiger partial charge on any atom is -0.309 e. The number of carbonyl (C=O) groups excluding carboxylic acids is 1. The first-order chi connectivity index (χ1) is 11.4. The molecule has 5 heteroatoms. The molecule has 3 rings (SSSR count). The number of benzene rings is 2. The van der Waals surface area contributed by atoms with Crippen LogP contribution in [0, 0.1) is 0 Å². The second kappa shape index (κ2) is 6.30. The van der Waals surface area contributed by atoms with Crippen LogP contribution in [0.2, 0.25) is 0 Å². The summed E-state index contributed by atoms with van der Waals surface area (Å²) in [5.74, 6) is -0.0885. The normalized spacial score (nSPS) is 17.5. The monoisotopic (exact) mass is 333 g/mol. The fourth-order valence-electron chi connectivity index (χ4n) is 3.14. The molecule has 2 aromatic carbocycles. The number of para-hydroxylation sites is 1. The van der Waals surface area contributed by atoms with E-state index < -0.39 is 11.7 Å². The summed E-state index contributed by atoms with van der Waals surface area (Å²) in [7, 11) is 0. The van der Waals surface area contributed by atoms with Gasteiger partial charge in [-0.15, -0.1) is 0 Å². The van der Waals surface area contributed by atoms with Gasteiger partial charge in [0.25, 0.3) is 0 Å². The molecular formula is C19H18F3NO. The molecule has 1 amide bonds. The van der Waals surface area contributed by atoms with Crippen LogP contribution in [-0.4, -0.2) is 11.9 Å². The molecule has 0 aliphatic carbocycles. The molecule has 2 aromatic rings. The zero-order valence-corrected chi connectivity index (χ0v) is 13.3. The number of fused-ring (bicyclic) bond motifs is 1. The lowest BCUT2D eigenvalue weighted by Gasteiger charge is -2.35. The number of nitrogens with zero attached hydrogens (tertiary/aromatic N) is 1. The quantitative estimate of drug-likeness (QED) is 0.785. The molecule has 0 radical (unpaired) electrons. The Labute approximate surface area is 138 Å². The van der Waals surface area contributed by atoms with Crippen LogP contribution in [-0.2, 0) is 23.8 Å². The second-order valence-electron chi connectivity index (χ2n) is 6.15. The van der Waals surface area contributed by atoms with Crippen LogP contribution in [0.15, 0.2) is 48.5 Å². The van der Waals surface area contributed by atoms with Gasteiger partial charge in [-0.1, -0.05) is 30.3 Å². The number of anilines is 1. The highest BCUT2D eigenvalue weighted by Gasteiger charge is 2.31. The first-order valence-corrected chi connectivity index (χ1v) is 7.92. The summed E-state index contributed by atoms with van der Waals surface area (Å²) in [6.07, 6.45) is -2.45. The average molecular weight is 333 g/mol. The summed E-state index contributed by atoms with van der Waals surface area (Å²) in [6, 6.07) is 12.7. The number of carbonyl (C=O) groups is 1. The first kappa shape index (κ1) is 16.6. The van der Waals surface area contributed by atoms with E-state index in [9.17, 15) is 18.0 Å². The number of alkyl halides is 3. The fraction of sp³-hybridized carbons (Fsp3) is 0.316. The van der Waals surface area contributed by atoms with Gasteiger partial charge in [0.05, 0.1) is 12.0 Å². The Morgan fingerprint density at radius 1 is 1.12 bits per heavy atom. The van der Waals surface area contributed by atoms with Crippen molar-refractivity contribution in [1.29, 1.82) is 0 Å². The lowest BCUT2D eigenvalue weighted by Crippen LogP contribution is -2.42. The van der Waals surface area contributed by atoms with E-state index in [0.717, 1.165) is 36.2 Å². The van der Waals surface area contributed by atoms with Gasteiger partial charge >= 0.3 is 6.18 Å². The maximum Gasteiger partial charge on any atom is 0.416 e. The first-order valence-electron chi connectivity index (χ1n) is 7.92. The highest BCUT2D eigenvalue weighted by Crippen LogP contribution is 2.32. The summed E-state index contributed by atoms with van der Waals surface area (Å²) in [6.45, 7) is 2.00. The van der Waals surface area contributed by atoms with Gasteiger partial charge in [0.2, 0.25) is 5.91 Å². The summed E-state index contributed by atoms with van der Waals surface area (Å²) in [4.78, 5) is 14.5. The number of amides is 1. The van der Waals surface area contributed by atoms with Crippen molar-refractivity contribution in [3.05, 3.63) is 65.2 Å². The Morgan fingerprint density at radius 3 is 2.46 bits per heavy atom. The summed E-state index contributed by atoms with van der Waals surface area (Å²) >= 11 is 0. The van der Waals surface area contributed by atoms with Gasteiger partial charge in [0.15, 0.2) is 0 Å². The van der Waals surface area contributed by atoms with Crippen molar-refractivity contribution < 1.29 is 18.0 Å². The van der Waals surface area contributed by atoms with Crippen LogP contribution in [0.1, 0.15) is 30.0 Å². The molecule has 0 fully saturated rings. The van der Waals surface area contributed by atoms with Crippen LogP contribution in [0.25, 0.3) is 0 Å². The minimum atomic E-state index is -4.36. The van der Waals surface area contributed by atoms with Crippen LogP contribution in [0.4, 0.5) is 18.9 Å². The lowest BCUT2D eigenvalue weighted by molar-refractivity contribution is -0.137. The number of hydrogen-bond acceptors (Lipinski definition) is 1. The predicted molar refractivity (Wildman–Crippen MR) is 86.9 cm³/mol.